The lowest BCUT2D eigenvalue weighted by molar-refractivity contribution is 0.0886. The fourth-order valence-electron chi connectivity index (χ4n) is 4.61. The van der Waals surface area contributed by atoms with Gasteiger partial charge in [-0.2, -0.15) is 0 Å². The molecule has 1 heterocycles. The SMILES string of the molecule is O=C(N[C@@H]1CC[C@@H]1NC1CCCCCC1)c1ccccc1N1CCOCC1. The average molecular weight is 372 g/mol. The lowest BCUT2D eigenvalue weighted by Crippen LogP contribution is -2.59. The molecule has 0 aromatic heterocycles. The van der Waals surface area contributed by atoms with E-state index in [0.717, 1.165) is 44.0 Å². The largest absolute Gasteiger partial charge is 0.378 e. The molecule has 0 spiro atoms. The number of nitrogens with one attached hydrogen (secondary N) is 2. The second-order valence-corrected chi connectivity index (χ2v) is 8.24. The molecule has 2 atom stereocenters. The number of anilines is 1. The highest BCUT2D eigenvalue weighted by atomic mass is 16.5. The minimum absolute atomic E-state index is 0.0643. The van der Waals surface area contributed by atoms with Crippen LogP contribution in [0, 0.1) is 0 Å². The topological polar surface area (TPSA) is 53.6 Å². The maximum Gasteiger partial charge on any atom is 0.253 e. The molecule has 2 N–H and O–H groups in total. The second-order valence-electron chi connectivity index (χ2n) is 8.24. The van der Waals surface area contributed by atoms with Gasteiger partial charge in [0.05, 0.1) is 18.8 Å². The van der Waals surface area contributed by atoms with Gasteiger partial charge in [0.15, 0.2) is 0 Å². The van der Waals surface area contributed by atoms with E-state index in [2.05, 4.69) is 21.6 Å². The Morgan fingerprint density at radius 3 is 2.33 bits per heavy atom. The third-order valence-electron chi connectivity index (χ3n) is 6.40. The van der Waals surface area contributed by atoms with Crippen LogP contribution in [0.2, 0.25) is 0 Å². The van der Waals surface area contributed by atoms with Crippen LogP contribution in [0.25, 0.3) is 0 Å². The first-order valence-electron chi connectivity index (χ1n) is 10.8. The molecule has 3 fully saturated rings. The van der Waals surface area contributed by atoms with Crippen LogP contribution < -0.4 is 15.5 Å². The minimum atomic E-state index is 0.0643. The number of nitrogens with zero attached hydrogens (tertiary/aromatic N) is 1. The normalized spacial score (nSPS) is 26.9. The van der Waals surface area contributed by atoms with Crippen molar-refractivity contribution in [3.63, 3.8) is 0 Å². The monoisotopic (exact) mass is 371 g/mol. The van der Waals surface area contributed by atoms with Gasteiger partial charge in [-0.1, -0.05) is 37.8 Å². The second kappa shape index (κ2) is 9.07. The zero-order valence-corrected chi connectivity index (χ0v) is 16.3. The molecule has 1 aromatic rings. The molecule has 148 valence electrons. The Bertz CT molecular complexity index is 622. The van der Waals surface area contributed by atoms with Gasteiger partial charge in [0.2, 0.25) is 0 Å². The van der Waals surface area contributed by atoms with E-state index in [1.54, 1.807) is 0 Å². The number of ether oxygens (including phenoxy) is 1. The number of rotatable bonds is 5. The zero-order chi connectivity index (χ0) is 18.5. The van der Waals surface area contributed by atoms with E-state index in [1.165, 1.54) is 44.9 Å². The van der Waals surface area contributed by atoms with Gasteiger partial charge in [-0.15, -0.1) is 0 Å². The number of morpholine rings is 1. The fraction of sp³-hybridized carbons (Fsp3) is 0.682. The molecule has 0 bridgehead atoms. The summed E-state index contributed by atoms with van der Waals surface area (Å²) in [6.07, 6.45) is 10.3. The molecule has 5 heteroatoms. The molecule has 2 aliphatic carbocycles. The Morgan fingerprint density at radius 1 is 0.926 bits per heavy atom. The summed E-state index contributed by atoms with van der Waals surface area (Å²) in [5.41, 5.74) is 1.82. The van der Waals surface area contributed by atoms with E-state index in [1.807, 2.05) is 18.2 Å². The Hall–Kier alpha value is -1.59. The molecule has 2 saturated carbocycles. The average Bonchev–Trinajstić information content (AvgIpc) is 2.99. The van der Waals surface area contributed by atoms with E-state index in [0.29, 0.717) is 12.1 Å². The van der Waals surface area contributed by atoms with Crippen molar-refractivity contribution in [3.8, 4) is 0 Å². The molecular formula is C22H33N3O2. The highest BCUT2D eigenvalue weighted by Gasteiger charge is 2.34. The van der Waals surface area contributed by atoms with Crippen LogP contribution in [0.4, 0.5) is 5.69 Å². The molecule has 4 rings (SSSR count). The molecule has 3 aliphatic rings. The number of carbonyl (C=O) groups excluding carboxylic acids is 1. The number of hydrogen-bond donors (Lipinski definition) is 2. The fourth-order valence-corrected chi connectivity index (χ4v) is 4.61. The molecule has 1 amide bonds. The summed E-state index contributed by atoms with van der Waals surface area (Å²) >= 11 is 0. The Labute approximate surface area is 162 Å². The van der Waals surface area contributed by atoms with Gasteiger partial charge >= 0.3 is 0 Å². The lowest BCUT2D eigenvalue weighted by Gasteiger charge is -2.40. The first-order valence-corrected chi connectivity index (χ1v) is 10.8. The molecule has 1 aromatic carbocycles. The summed E-state index contributed by atoms with van der Waals surface area (Å²) in [5.74, 6) is 0.0643. The van der Waals surface area contributed by atoms with Crippen molar-refractivity contribution < 1.29 is 9.53 Å². The molecule has 27 heavy (non-hydrogen) atoms. The highest BCUT2D eigenvalue weighted by molar-refractivity contribution is 6.00. The van der Waals surface area contributed by atoms with Gasteiger partial charge in [0, 0.05) is 36.9 Å². The van der Waals surface area contributed by atoms with E-state index < -0.39 is 0 Å². The lowest BCUT2D eigenvalue weighted by atomic mass is 9.85. The van der Waals surface area contributed by atoms with Crippen LogP contribution in [0.5, 0.6) is 0 Å². The van der Waals surface area contributed by atoms with Crippen LogP contribution in [0.1, 0.15) is 61.7 Å². The van der Waals surface area contributed by atoms with Crippen LogP contribution in [-0.2, 0) is 4.74 Å². The first-order chi connectivity index (χ1) is 13.3. The van der Waals surface area contributed by atoms with Crippen molar-refractivity contribution in [1.82, 2.24) is 10.6 Å². The number of hydrogen-bond acceptors (Lipinski definition) is 4. The van der Waals surface area contributed by atoms with Gasteiger partial charge in [0.1, 0.15) is 0 Å². The Balaban J connectivity index is 1.36. The maximum absolute atomic E-state index is 13.0. The summed E-state index contributed by atoms with van der Waals surface area (Å²) in [4.78, 5) is 15.3. The molecule has 5 nitrogen and oxygen atoms in total. The Morgan fingerprint density at radius 2 is 1.63 bits per heavy atom. The van der Waals surface area contributed by atoms with Gasteiger partial charge in [-0.05, 0) is 37.8 Å². The number of carbonyl (C=O) groups is 1. The third kappa shape index (κ3) is 4.64. The smallest absolute Gasteiger partial charge is 0.253 e. The summed E-state index contributed by atoms with van der Waals surface area (Å²) < 4.78 is 5.46. The van der Waals surface area contributed by atoms with Crippen molar-refractivity contribution in [2.75, 3.05) is 31.2 Å². The van der Waals surface area contributed by atoms with Crippen LogP contribution >= 0.6 is 0 Å². The molecular weight excluding hydrogens is 338 g/mol. The van der Waals surface area contributed by atoms with Crippen molar-refractivity contribution in [2.24, 2.45) is 0 Å². The molecule has 0 unspecified atom stereocenters. The van der Waals surface area contributed by atoms with Gasteiger partial charge in [-0.3, -0.25) is 4.79 Å². The van der Waals surface area contributed by atoms with Crippen LogP contribution in [0.3, 0.4) is 0 Å². The minimum Gasteiger partial charge on any atom is -0.378 e. The van der Waals surface area contributed by atoms with E-state index in [-0.39, 0.29) is 11.9 Å². The standard InChI is InChI=1S/C22H33N3O2/c26-22(18-9-5-6-10-21(18)25-13-15-27-16-14-25)24-20-12-11-19(20)23-17-7-3-1-2-4-8-17/h5-6,9-10,17,19-20,23H,1-4,7-8,11-16H2,(H,24,26)/t19-,20+/m0/s1. The Kier molecular flexibility index (Phi) is 6.30. The van der Waals surface area contributed by atoms with Crippen molar-refractivity contribution in [3.05, 3.63) is 29.8 Å². The molecule has 1 aliphatic heterocycles. The predicted octanol–water partition coefficient (Wildman–Crippen LogP) is 3.10. The number of amides is 1. The van der Waals surface area contributed by atoms with E-state index >= 15 is 0 Å². The van der Waals surface area contributed by atoms with E-state index in [9.17, 15) is 4.79 Å². The van der Waals surface area contributed by atoms with Gasteiger partial charge in [-0.25, -0.2) is 0 Å². The van der Waals surface area contributed by atoms with E-state index in [4.69, 9.17) is 4.74 Å². The molecule has 0 radical (unpaired) electrons. The van der Waals surface area contributed by atoms with Crippen LogP contribution in [0.15, 0.2) is 24.3 Å². The summed E-state index contributed by atoms with van der Waals surface area (Å²) in [6, 6.07) is 9.32. The van der Waals surface area contributed by atoms with Crippen molar-refractivity contribution >= 4 is 11.6 Å². The number of para-hydroxylation sites is 1. The highest BCUT2D eigenvalue weighted by Crippen LogP contribution is 2.26. The maximum atomic E-state index is 13.0. The summed E-state index contributed by atoms with van der Waals surface area (Å²) in [6.45, 7) is 3.15. The summed E-state index contributed by atoms with van der Waals surface area (Å²) in [7, 11) is 0. The molecule has 1 saturated heterocycles. The predicted molar refractivity (Wildman–Crippen MR) is 108 cm³/mol. The van der Waals surface area contributed by atoms with Gasteiger partial charge in [0.25, 0.3) is 5.91 Å². The van der Waals surface area contributed by atoms with Crippen molar-refractivity contribution in [2.45, 2.75) is 69.5 Å². The van der Waals surface area contributed by atoms with Crippen molar-refractivity contribution in [1.29, 1.82) is 0 Å². The third-order valence-corrected chi connectivity index (χ3v) is 6.40. The van der Waals surface area contributed by atoms with Crippen LogP contribution in [-0.4, -0.2) is 50.3 Å². The quantitative estimate of drug-likeness (QED) is 0.781. The zero-order valence-electron chi connectivity index (χ0n) is 16.3. The van der Waals surface area contributed by atoms with Gasteiger partial charge < -0.3 is 20.3 Å². The summed E-state index contributed by atoms with van der Waals surface area (Å²) in [5, 5.41) is 7.15. The first kappa shape index (κ1) is 18.8. The number of benzene rings is 1.